The molecule has 0 heterocycles. The smallest absolute Gasteiger partial charge is 0.0314 e. The number of nitrogens with two attached hydrogens (primary N) is 1. The van der Waals surface area contributed by atoms with Crippen LogP contribution in [0.15, 0.2) is 54.6 Å². The highest BCUT2D eigenvalue weighted by Crippen LogP contribution is 2.10. The predicted octanol–water partition coefficient (Wildman–Crippen LogP) is 4.91. The van der Waals surface area contributed by atoms with Gasteiger partial charge in [-0.3, -0.25) is 0 Å². The van der Waals surface area contributed by atoms with Crippen molar-refractivity contribution in [1.82, 2.24) is 0 Å². The molecule has 1 nitrogen and oxygen atoms in total. The van der Waals surface area contributed by atoms with Crippen LogP contribution in [0.2, 0.25) is 0 Å². The number of nitrogen functional groups attached to an aromatic ring is 1. The molecule has 18 heavy (non-hydrogen) atoms. The molecule has 98 valence electrons. The molecule has 0 saturated carbocycles. The van der Waals surface area contributed by atoms with E-state index in [1.165, 1.54) is 11.1 Å². The second kappa shape index (κ2) is 10.4. The first-order valence-corrected chi connectivity index (χ1v) is 6.73. The van der Waals surface area contributed by atoms with Gasteiger partial charge in [0.2, 0.25) is 0 Å². The van der Waals surface area contributed by atoms with Gasteiger partial charge in [0, 0.05) is 5.69 Å². The van der Waals surface area contributed by atoms with E-state index < -0.39 is 0 Å². The van der Waals surface area contributed by atoms with Gasteiger partial charge in [0.25, 0.3) is 0 Å². The highest BCUT2D eigenvalue weighted by molar-refractivity contribution is 5.40. The molecule has 2 rings (SSSR count). The maximum Gasteiger partial charge on any atom is 0.0314 e. The van der Waals surface area contributed by atoms with Crippen molar-refractivity contribution in [2.45, 2.75) is 34.1 Å². The molecule has 1 heteroatoms. The molecule has 0 radical (unpaired) electrons. The Balaban J connectivity index is 0.000000659. The van der Waals surface area contributed by atoms with Gasteiger partial charge < -0.3 is 5.73 Å². The summed E-state index contributed by atoms with van der Waals surface area (Å²) in [6.45, 7) is 8.00. The summed E-state index contributed by atoms with van der Waals surface area (Å²) in [4.78, 5) is 0. The summed E-state index contributed by atoms with van der Waals surface area (Å²) in [6.07, 6.45) is 0.973. The van der Waals surface area contributed by atoms with Gasteiger partial charge in [-0.05, 0) is 29.7 Å². The van der Waals surface area contributed by atoms with E-state index in [1.54, 1.807) is 0 Å². The highest BCUT2D eigenvalue weighted by Gasteiger charge is 1.94. The third-order valence-electron chi connectivity index (χ3n) is 2.23. The van der Waals surface area contributed by atoms with Crippen molar-refractivity contribution in [2.24, 2.45) is 0 Å². The molecule has 0 amide bonds. The summed E-state index contributed by atoms with van der Waals surface area (Å²) in [7, 11) is 0. The molecule has 2 aromatic carbocycles. The summed E-state index contributed by atoms with van der Waals surface area (Å²) < 4.78 is 0. The van der Waals surface area contributed by atoms with Crippen molar-refractivity contribution in [2.75, 3.05) is 5.73 Å². The van der Waals surface area contributed by atoms with Crippen LogP contribution in [0.1, 0.15) is 38.8 Å². The molecule has 0 atom stereocenters. The molecule has 2 aromatic rings. The van der Waals surface area contributed by atoms with Crippen LogP contribution >= 0.6 is 0 Å². The van der Waals surface area contributed by atoms with E-state index in [1.807, 2.05) is 45.9 Å². The van der Waals surface area contributed by atoms with E-state index in [-0.39, 0.29) is 0 Å². The average molecular weight is 243 g/mol. The van der Waals surface area contributed by atoms with Gasteiger partial charge in [-0.25, -0.2) is 0 Å². The van der Waals surface area contributed by atoms with E-state index in [0.717, 1.165) is 12.1 Å². The third kappa shape index (κ3) is 6.09. The number of benzene rings is 2. The summed E-state index contributed by atoms with van der Waals surface area (Å²) >= 11 is 0. The Morgan fingerprint density at radius 1 is 0.667 bits per heavy atom. The molecule has 0 aromatic heterocycles. The molecular weight excluding hydrogens is 218 g/mol. The Morgan fingerprint density at radius 3 is 1.61 bits per heavy atom. The predicted molar refractivity (Wildman–Crippen MR) is 82.8 cm³/mol. The minimum atomic E-state index is 0.821. The Labute approximate surface area is 112 Å². The zero-order valence-corrected chi connectivity index (χ0v) is 12.0. The summed E-state index contributed by atoms with van der Waals surface area (Å²) in [5.74, 6) is 0. The molecule has 0 unspecified atom stereocenters. The zero-order valence-electron chi connectivity index (χ0n) is 12.0. The van der Waals surface area contributed by atoms with E-state index in [9.17, 15) is 0 Å². The highest BCUT2D eigenvalue weighted by atomic mass is 14.5. The molecule has 0 bridgehead atoms. The minimum absolute atomic E-state index is 0.821. The maximum absolute atomic E-state index is 5.62. The van der Waals surface area contributed by atoms with Crippen LogP contribution in [-0.2, 0) is 6.42 Å². The van der Waals surface area contributed by atoms with E-state index in [2.05, 4.69) is 36.4 Å². The fraction of sp³-hybridized carbons (Fsp3) is 0.294. The maximum atomic E-state index is 5.62. The van der Waals surface area contributed by atoms with Crippen LogP contribution < -0.4 is 5.73 Å². The van der Waals surface area contributed by atoms with Crippen LogP contribution in [0.5, 0.6) is 0 Å². The van der Waals surface area contributed by atoms with Gasteiger partial charge >= 0.3 is 0 Å². The molecule has 0 saturated heterocycles. The fourth-order valence-corrected chi connectivity index (χ4v) is 1.47. The van der Waals surface area contributed by atoms with E-state index >= 15 is 0 Å². The molecule has 0 aliphatic carbocycles. The molecule has 0 fully saturated rings. The largest absolute Gasteiger partial charge is 0.399 e. The lowest BCUT2D eigenvalue weighted by Gasteiger charge is -2.01. The van der Waals surface area contributed by atoms with Gasteiger partial charge in [-0.2, -0.15) is 0 Å². The van der Waals surface area contributed by atoms with Gasteiger partial charge in [-0.15, -0.1) is 0 Å². The molecule has 0 aliphatic rings. The zero-order chi connectivity index (χ0) is 13.8. The van der Waals surface area contributed by atoms with Crippen LogP contribution in [0, 0.1) is 0 Å². The second-order valence-corrected chi connectivity index (χ2v) is 3.40. The normalized spacial score (nSPS) is 8.44. The Kier molecular flexibility index (Phi) is 9.38. The van der Waals surface area contributed by atoms with Crippen LogP contribution in [0.3, 0.4) is 0 Å². The monoisotopic (exact) mass is 243 g/mol. The summed E-state index contributed by atoms with van der Waals surface area (Å²) in [5, 5.41) is 0. The SMILES string of the molecule is CC.CC.Nc1ccc(Cc2ccccc2)cc1. The first-order valence-electron chi connectivity index (χ1n) is 6.73. The van der Waals surface area contributed by atoms with E-state index in [0.29, 0.717) is 0 Å². The van der Waals surface area contributed by atoms with Gasteiger partial charge in [0.15, 0.2) is 0 Å². The van der Waals surface area contributed by atoms with Crippen LogP contribution in [-0.4, -0.2) is 0 Å². The Hall–Kier alpha value is -1.76. The Bertz CT molecular complexity index is 390. The molecular formula is C17H25N. The van der Waals surface area contributed by atoms with Crippen molar-refractivity contribution >= 4 is 5.69 Å². The number of rotatable bonds is 2. The van der Waals surface area contributed by atoms with Gasteiger partial charge in [0.05, 0.1) is 0 Å². The van der Waals surface area contributed by atoms with Crippen molar-refractivity contribution in [3.8, 4) is 0 Å². The van der Waals surface area contributed by atoms with Crippen LogP contribution in [0.25, 0.3) is 0 Å². The van der Waals surface area contributed by atoms with Crippen molar-refractivity contribution in [3.05, 3.63) is 65.7 Å². The van der Waals surface area contributed by atoms with E-state index in [4.69, 9.17) is 5.73 Å². The summed E-state index contributed by atoms with van der Waals surface area (Å²) in [5.41, 5.74) is 9.07. The lowest BCUT2D eigenvalue weighted by atomic mass is 10.1. The topological polar surface area (TPSA) is 26.0 Å². The standard InChI is InChI=1S/C13H13N.2C2H6/c14-13-8-6-12(7-9-13)10-11-4-2-1-3-5-11;2*1-2/h1-9H,10,14H2;2*1-2H3. The Morgan fingerprint density at radius 2 is 1.11 bits per heavy atom. The van der Waals surface area contributed by atoms with Gasteiger partial charge in [0.1, 0.15) is 0 Å². The van der Waals surface area contributed by atoms with Crippen LogP contribution in [0.4, 0.5) is 5.69 Å². The summed E-state index contributed by atoms with van der Waals surface area (Å²) in [6, 6.07) is 18.5. The lowest BCUT2D eigenvalue weighted by Crippen LogP contribution is -1.89. The molecule has 0 spiro atoms. The van der Waals surface area contributed by atoms with Crippen molar-refractivity contribution in [1.29, 1.82) is 0 Å². The lowest BCUT2D eigenvalue weighted by molar-refractivity contribution is 1.19. The molecule has 2 N–H and O–H groups in total. The number of hydrogen-bond donors (Lipinski definition) is 1. The molecule has 0 aliphatic heterocycles. The number of hydrogen-bond acceptors (Lipinski definition) is 1. The fourth-order valence-electron chi connectivity index (χ4n) is 1.47. The number of anilines is 1. The first kappa shape index (κ1) is 16.2. The quantitative estimate of drug-likeness (QED) is 0.745. The van der Waals surface area contributed by atoms with Gasteiger partial charge in [-0.1, -0.05) is 70.2 Å². The average Bonchev–Trinajstić information content (AvgIpc) is 2.47. The first-order chi connectivity index (χ1) is 8.84. The minimum Gasteiger partial charge on any atom is -0.399 e. The van der Waals surface area contributed by atoms with Crippen molar-refractivity contribution < 1.29 is 0 Å². The van der Waals surface area contributed by atoms with Crippen molar-refractivity contribution in [3.63, 3.8) is 0 Å². The second-order valence-electron chi connectivity index (χ2n) is 3.40. The third-order valence-corrected chi connectivity index (χ3v) is 2.23.